The molecule has 19 heavy (non-hydrogen) atoms. The lowest BCUT2D eigenvalue weighted by Gasteiger charge is -2.14. The highest BCUT2D eigenvalue weighted by Gasteiger charge is 2.08. The zero-order chi connectivity index (χ0) is 13.7. The lowest BCUT2D eigenvalue weighted by atomic mass is 10.3. The molecule has 2 heterocycles. The van der Waals surface area contributed by atoms with Gasteiger partial charge in [-0.3, -0.25) is 9.69 Å². The first-order chi connectivity index (χ1) is 9.13. The zero-order valence-corrected chi connectivity index (χ0v) is 11.2. The average molecular weight is 280 g/mol. The third-order valence-corrected chi connectivity index (χ3v) is 2.66. The smallest absolute Gasteiger partial charge is 0.239 e. The number of halogens is 1. The van der Waals surface area contributed by atoms with E-state index in [0.717, 1.165) is 5.56 Å². The van der Waals surface area contributed by atoms with Crippen LogP contribution in [0.5, 0.6) is 0 Å². The molecule has 2 rings (SSSR count). The molecule has 0 saturated heterocycles. The second-order valence-electron chi connectivity index (χ2n) is 4.21. The second-order valence-corrected chi connectivity index (χ2v) is 4.65. The zero-order valence-electron chi connectivity index (χ0n) is 10.5. The van der Waals surface area contributed by atoms with Crippen molar-refractivity contribution in [3.05, 3.63) is 47.5 Å². The van der Waals surface area contributed by atoms with Crippen LogP contribution in [0.15, 0.2) is 41.3 Å². The van der Waals surface area contributed by atoms with Crippen LogP contribution in [0.4, 0.5) is 5.82 Å². The molecule has 0 aromatic carbocycles. The Morgan fingerprint density at radius 3 is 2.95 bits per heavy atom. The largest absolute Gasteiger partial charge is 0.472 e. The van der Waals surface area contributed by atoms with E-state index < -0.39 is 0 Å². The molecule has 0 bridgehead atoms. The number of hydrogen-bond donors (Lipinski definition) is 1. The number of nitrogens with one attached hydrogen (secondary N) is 1. The van der Waals surface area contributed by atoms with Crippen molar-refractivity contribution in [2.75, 3.05) is 18.9 Å². The number of furan rings is 1. The molecule has 0 radical (unpaired) electrons. The van der Waals surface area contributed by atoms with Crippen LogP contribution in [-0.2, 0) is 11.3 Å². The molecule has 0 spiro atoms. The van der Waals surface area contributed by atoms with Gasteiger partial charge in [0.2, 0.25) is 5.91 Å². The third-order valence-electron chi connectivity index (χ3n) is 2.44. The molecular weight excluding hydrogens is 266 g/mol. The Morgan fingerprint density at radius 1 is 1.47 bits per heavy atom. The van der Waals surface area contributed by atoms with Gasteiger partial charge in [0.15, 0.2) is 0 Å². The average Bonchev–Trinajstić information content (AvgIpc) is 2.84. The molecule has 0 fully saturated rings. The Balaban J connectivity index is 1.82. The first-order valence-electron chi connectivity index (χ1n) is 5.74. The van der Waals surface area contributed by atoms with Gasteiger partial charge in [0.1, 0.15) is 5.82 Å². The monoisotopic (exact) mass is 279 g/mol. The van der Waals surface area contributed by atoms with Gasteiger partial charge in [-0.25, -0.2) is 4.98 Å². The molecule has 0 atom stereocenters. The summed E-state index contributed by atoms with van der Waals surface area (Å²) in [5, 5.41) is 3.24. The molecular formula is C13H14ClN3O2. The van der Waals surface area contributed by atoms with Gasteiger partial charge in [-0.15, -0.1) is 0 Å². The van der Waals surface area contributed by atoms with E-state index in [4.69, 9.17) is 16.0 Å². The van der Waals surface area contributed by atoms with E-state index in [9.17, 15) is 4.79 Å². The summed E-state index contributed by atoms with van der Waals surface area (Å²) in [4.78, 5) is 17.7. The fourth-order valence-electron chi connectivity index (χ4n) is 1.63. The summed E-state index contributed by atoms with van der Waals surface area (Å²) >= 11 is 5.72. The van der Waals surface area contributed by atoms with E-state index in [1.54, 1.807) is 24.7 Å². The number of nitrogens with zero attached hydrogens (tertiary/aromatic N) is 2. The lowest BCUT2D eigenvalue weighted by molar-refractivity contribution is -0.117. The van der Waals surface area contributed by atoms with Crippen LogP contribution in [0.2, 0.25) is 5.02 Å². The van der Waals surface area contributed by atoms with E-state index in [1.165, 1.54) is 6.20 Å². The number of carbonyl (C=O) groups is 1. The third kappa shape index (κ3) is 4.39. The first-order valence-corrected chi connectivity index (χ1v) is 6.12. The molecule has 100 valence electrons. The summed E-state index contributed by atoms with van der Waals surface area (Å²) in [5.41, 5.74) is 1.03. The van der Waals surface area contributed by atoms with Crippen molar-refractivity contribution in [1.82, 2.24) is 9.88 Å². The Morgan fingerprint density at radius 2 is 2.32 bits per heavy atom. The molecule has 2 aromatic heterocycles. The number of aromatic nitrogens is 1. The minimum Gasteiger partial charge on any atom is -0.472 e. The van der Waals surface area contributed by atoms with Gasteiger partial charge in [0, 0.05) is 18.3 Å². The topological polar surface area (TPSA) is 58.4 Å². The quantitative estimate of drug-likeness (QED) is 0.913. The number of likely N-dealkylation sites (N-methyl/N-ethyl adjacent to an activating group) is 1. The van der Waals surface area contributed by atoms with Crippen molar-refractivity contribution in [2.45, 2.75) is 6.54 Å². The summed E-state index contributed by atoms with van der Waals surface area (Å²) in [6.45, 7) is 0.924. The highest BCUT2D eigenvalue weighted by Crippen LogP contribution is 2.09. The molecule has 1 amide bonds. The van der Waals surface area contributed by atoms with Crippen LogP contribution in [-0.4, -0.2) is 29.4 Å². The molecule has 1 N–H and O–H groups in total. The first kappa shape index (κ1) is 13.6. The SMILES string of the molecule is CN(CC(=O)Nc1ccc(Cl)cn1)Cc1ccoc1. The van der Waals surface area contributed by atoms with Crippen molar-refractivity contribution >= 4 is 23.3 Å². The molecule has 0 aliphatic rings. The molecule has 2 aromatic rings. The minimum atomic E-state index is -0.124. The highest BCUT2D eigenvalue weighted by atomic mass is 35.5. The van der Waals surface area contributed by atoms with Crippen LogP contribution in [0, 0.1) is 0 Å². The Labute approximate surface area is 116 Å². The minimum absolute atomic E-state index is 0.124. The molecule has 5 nitrogen and oxygen atoms in total. The van der Waals surface area contributed by atoms with E-state index in [-0.39, 0.29) is 12.5 Å². The standard InChI is InChI=1S/C13H14ClN3O2/c1-17(7-10-4-5-19-9-10)8-13(18)16-12-3-2-11(14)6-15-12/h2-6,9H,7-8H2,1H3,(H,15,16,18). The van der Waals surface area contributed by atoms with Gasteiger partial charge in [-0.05, 0) is 25.2 Å². The maximum absolute atomic E-state index is 11.8. The number of carbonyl (C=O) groups excluding carboxylic acids is 1. The van der Waals surface area contributed by atoms with Gasteiger partial charge in [0.05, 0.1) is 24.1 Å². The number of hydrogen-bond acceptors (Lipinski definition) is 4. The van der Waals surface area contributed by atoms with Gasteiger partial charge < -0.3 is 9.73 Å². The second kappa shape index (κ2) is 6.36. The molecule has 0 aliphatic carbocycles. The van der Waals surface area contributed by atoms with Crippen molar-refractivity contribution in [3.8, 4) is 0 Å². The predicted octanol–water partition coefficient (Wildman–Crippen LogP) is 2.40. The summed E-state index contributed by atoms with van der Waals surface area (Å²) in [7, 11) is 1.86. The Hall–Kier alpha value is -1.85. The van der Waals surface area contributed by atoms with Crippen LogP contribution in [0.1, 0.15) is 5.56 Å². The molecule has 0 unspecified atom stereocenters. The van der Waals surface area contributed by atoms with Crippen molar-refractivity contribution in [3.63, 3.8) is 0 Å². The van der Waals surface area contributed by atoms with E-state index in [1.807, 2.05) is 18.0 Å². The van der Waals surface area contributed by atoms with Gasteiger partial charge in [0.25, 0.3) is 0 Å². The van der Waals surface area contributed by atoms with E-state index >= 15 is 0 Å². The highest BCUT2D eigenvalue weighted by molar-refractivity contribution is 6.30. The van der Waals surface area contributed by atoms with Crippen LogP contribution < -0.4 is 5.32 Å². The maximum Gasteiger partial charge on any atom is 0.239 e. The predicted molar refractivity (Wildman–Crippen MR) is 72.9 cm³/mol. The van der Waals surface area contributed by atoms with E-state index in [0.29, 0.717) is 17.4 Å². The van der Waals surface area contributed by atoms with Crippen molar-refractivity contribution < 1.29 is 9.21 Å². The fourth-order valence-corrected chi connectivity index (χ4v) is 1.74. The van der Waals surface area contributed by atoms with Crippen molar-refractivity contribution in [1.29, 1.82) is 0 Å². The van der Waals surface area contributed by atoms with Gasteiger partial charge >= 0.3 is 0 Å². The molecule has 6 heteroatoms. The van der Waals surface area contributed by atoms with E-state index in [2.05, 4.69) is 10.3 Å². The molecule has 0 saturated carbocycles. The normalized spacial score (nSPS) is 10.7. The lowest BCUT2D eigenvalue weighted by Crippen LogP contribution is -2.29. The summed E-state index contributed by atoms with van der Waals surface area (Å²) in [6, 6.07) is 5.21. The Bertz CT molecular complexity index is 525. The van der Waals surface area contributed by atoms with Crippen molar-refractivity contribution in [2.24, 2.45) is 0 Å². The summed E-state index contributed by atoms with van der Waals surface area (Å²) in [6.07, 6.45) is 4.77. The van der Waals surface area contributed by atoms with Gasteiger partial charge in [-0.2, -0.15) is 0 Å². The van der Waals surface area contributed by atoms with Crippen LogP contribution in [0.3, 0.4) is 0 Å². The van der Waals surface area contributed by atoms with Crippen LogP contribution in [0.25, 0.3) is 0 Å². The van der Waals surface area contributed by atoms with Gasteiger partial charge in [-0.1, -0.05) is 11.6 Å². The number of pyridine rings is 1. The number of rotatable bonds is 5. The summed E-state index contributed by atoms with van der Waals surface area (Å²) in [5.74, 6) is 0.368. The number of anilines is 1. The Kier molecular flexibility index (Phi) is 4.54. The number of amides is 1. The van der Waals surface area contributed by atoms with Crippen LogP contribution >= 0.6 is 11.6 Å². The summed E-state index contributed by atoms with van der Waals surface area (Å²) < 4.78 is 4.98. The maximum atomic E-state index is 11.8. The fraction of sp³-hybridized carbons (Fsp3) is 0.231. The molecule has 0 aliphatic heterocycles.